The predicted octanol–water partition coefficient (Wildman–Crippen LogP) is 3.39. The van der Waals surface area contributed by atoms with Crippen molar-refractivity contribution in [2.45, 2.75) is 77.8 Å². The van der Waals surface area contributed by atoms with Gasteiger partial charge in [0.2, 0.25) is 18.2 Å². The molecule has 2 heterocycles. The number of piperidine rings is 1. The number of hydroxylamine groups is 2. The Kier molecular flexibility index (Phi) is 8.52. The van der Waals surface area contributed by atoms with Gasteiger partial charge in [0.1, 0.15) is 6.04 Å². The Balaban J connectivity index is 1.42. The van der Waals surface area contributed by atoms with E-state index in [1.54, 1.807) is 11.9 Å². The molecule has 3 aliphatic rings. The van der Waals surface area contributed by atoms with E-state index in [-0.39, 0.29) is 36.2 Å². The molecule has 0 radical (unpaired) electrons. The summed E-state index contributed by atoms with van der Waals surface area (Å²) in [5.74, 6) is 0.145. The quantitative estimate of drug-likeness (QED) is 0.280. The van der Waals surface area contributed by atoms with E-state index in [0.29, 0.717) is 49.7 Å². The molecular formula is C28H42N4O5S. The van der Waals surface area contributed by atoms with Gasteiger partial charge in [-0.2, -0.15) is 0 Å². The molecule has 2 unspecified atom stereocenters. The molecule has 4 rings (SSSR count). The second-order valence-corrected chi connectivity index (χ2v) is 13.4. The zero-order chi connectivity index (χ0) is 27.7. The molecule has 1 aromatic rings. The molecule has 4 amide bonds. The zero-order valence-corrected chi connectivity index (χ0v) is 23.8. The molecule has 210 valence electrons. The number of thiophene rings is 1. The Morgan fingerprint density at radius 1 is 1.21 bits per heavy atom. The number of rotatable bonds is 9. The van der Waals surface area contributed by atoms with Gasteiger partial charge in [-0.15, -0.1) is 11.3 Å². The van der Waals surface area contributed by atoms with Crippen molar-refractivity contribution in [2.75, 3.05) is 26.7 Å². The van der Waals surface area contributed by atoms with Crippen molar-refractivity contribution in [1.29, 1.82) is 0 Å². The van der Waals surface area contributed by atoms with Crippen LogP contribution < -0.4 is 5.32 Å². The average Bonchev–Trinajstić information content (AvgIpc) is 3.29. The van der Waals surface area contributed by atoms with Gasteiger partial charge in [0.15, 0.2) is 0 Å². The van der Waals surface area contributed by atoms with Crippen molar-refractivity contribution in [2.24, 2.45) is 22.7 Å². The van der Waals surface area contributed by atoms with E-state index in [1.165, 1.54) is 11.3 Å². The molecule has 3 fully saturated rings. The lowest BCUT2D eigenvalue weighted by Gasteiger charge is -2.40. The summed E-state index contributed by atoms with van der Waals surface area (Å²) in [5.41, 5.74) is -1.40. The van der Waals surface area contributed by atoms with Crippen LogP contribution in [-0.4, -0.2) is 83.0 Å². The van der Waals surface area contributed by atoms with Crippen LogP contribution in [0.2, 0.25) is 0 Å². The van der Waals surface area contributed by atoms with Crippen LogP contribution >= 0.6 is 11.3 Å². The van der Waals surface area contributed by atoms with Crippen LogP contribution in [0.25, 0.3) is 0 Å². The molecule has 0 bridgehead atoms. The van der Waals surface area contributed by atoms with E-state index in [9.17, 15) is 24.4 Å². The lowest BCUT2D eigenvalue weighted by molar-refractivity contribution is -0.157. The molecule has 3 atom stereocenters. The second-order valence-electron chi connectivity index (χ2n) is 12.4. The van der Waals surface area contributed by atoms with Crippen molar-refractivity contribution in [1.82, 2.24) is 20.2 Å². The molecule has 0 aromatic carbocycles. The number of carbonyl (C=O) groups excluding carboxylic acids is 4. The third kappa shape index (κ3) is 5.91. The highest BCUT2D eigenvalue weighted by atomic mass is 32.1. The van der Waals surface area contributed by atoms with Gasteiger partial charge in [-0.25, -0.2) is 5.06 Å². The van der Waals surface area contributed by atoms with E-state index in [0.717, 1.165) is 30.6 Å². The fourth-order valence-electron chi connectivity index (χ4n) is 6.47. The highest BCUT2D eigenvalue weighted by Gasteiger charge is 2.63. The van der Waals surface area contributed by atoms with Crippen LogP contribution in [0.3, 0.4) is 0 Å². The molecule has 1 aliphatic heterocycles. The Bertz CT molecular complexity index is 1010. The Hall–Kier alpha value is -2.46. The van der Waals surface area contributed by atoms with Crippen LogP contribution in [0.5, 0.6) is 0 Å². The average molecular weight is 547 g/mol. The van der Waals surface area contributed by atoms with E-state index >= 15 is 0 Å². The summed E-state index contributed by atoms with van der Waals surface area (Å²) < 4.78 is 0. The highest BCUT2D eigenvalue weighted by Crippen LogP contribution is 2.60. The smallest absolute Gasteiger partial charge is 0.263 e. The summed E-state index contributed by atoms with van der Waals surface area (Å²) in [4.78, 5) is 55.8. The normalized spacial score (nSPS) is 25.1. The maximum Gasteiger partial charge on any atom is 0.263 e. The molecule has 2 saturated carbocycles. The Morgan fingerprint density at radius 2 is 1.87 bits per heavy atom. The summed E-state index contributed by atoms with van der Waals surface area (Å²) in [5, 5.41) is 15.5. The maximum absolute atomic E-state index is 13.8. The van der Waals surface area contributed by atoms with Gasteiger partial charge >= 0.3 is 0 Å². The first-order chi connectivity index (χ1) is 18.0. The fourth-order valence-corrected chi connectivity index (χ4v) is 7.16. The predicted molar refractivity (Wildman–Crippen MR) is 144 cm³/mol. The fraction of sp³-hybridized carbons (Fsp3) is 0.714. The summed E-state index contributed by atoms with van der Waals surface area (Å²) in [6, 6.07) is 2.92. The Morgan fingerprint density at radius 3 is 2.42 bits per heavy atom. The number of hydrogen-bond acceptors (Lipinski definition) is 6. The summed E-state index contributed by atoms with van der Waals surface area (Å²) in [6.07, 6.45) is 6.71. The highest BCUT2D eigenvalue weighted by molar-refractivity contribution is 7.12. The number of hydrogen-bond donors (Lipinski definition) is 2. The lowest BCUT2D eigenvalue weighted by Crippen LogP contribution is -2.59. The number of amides is 4. The second kappa shape index (κ2) is 11.3. The van der Waals surface area contributed by atoms with Gasteiger partial charge in [0.25, 0.3) is 5.91 Å². The maximum atomic E-state index is 13.8. The van der Waals surface area contributed by atoms with E-state index < -0.39 is 16.9 Å². The van der Waals surface area contributed by atoms with Crippen molar-refractivity contribution in [3.8, 4) is 0 Å². The lowest BCUT2D eigenvalue weighted by atomic mass is 9.84. The number of likely N-dealkylation sites (tertiary alicyclic amines) is 1. The first-order valence-electron chi connectivity index (χ1n) is 13.8. The minimum Gasteiger partial charge on any atom is -0.343 e. The number of nitrogens with one attached hydrogen (secondary N) is 1. The first-order valence-corrected chi connectivity index (χ1v) is 14.7. The summed E-state index contributed by atoms with van der Waals surface area (Å²) >= 11 is 1.44. The van der Waals surface area contributed by atoms with Gasteiger partial charge in [0.05, 0.1) is 16.8 Å². The number of likely N-dealkylation sites (N-methyl/N-ethyl adjacent to an activating group) is 1. The van der Waals surface area contributed by atoms with Crippen molar-refractivity contribution in [3.05, 3.63) is 22.4 Å². The zero-order valence-electron chi connectivity index (χ0n) is 23.0. The Labute approximate surface area is 229 Å². The summed E-state index contributed by atoms with van der Waals surface area (Å²) in [6.45, 7) is 6.91. The van der Waals surface area contributed by atoms with Gasteiger partial charge in [-0.05, 0) is 48.0 Å². The molecule has 38 heavy (non-hydrogen) atoms. The van der Waals surface area contributed by atoms with Gasteiger partial charge in [0, 0.05) is 26.2 Å². The first kappa shape index (κ1) is 28.5. The van der Waals surface area contributed by atoms with E-state index in [1.807, 2.05) is 43.2 Å². The molecule has 0 spiro atoms. The monoisotopic (exact) mass is 546 g/mol. The van der Waals surface area contributed by atoms with Crippen LogP contribution in [-0.2, 0) is 14.4 Å². The van der Waals surface area contributed by atoms with Crippen LogP contribution in [0, 0.1) is 22.7 Å². The molecule has 9 nitrogen and oxygen atoms in total. The van der Waals surface area contributed by atoms with E-state index in [4.69, 9.17) is 0 Å². The van der Waals surface area contributed by atoms with Gasteiger partial charge in [-0.3, -0.25) is 24.4 Å². The minimum absolute atomic E-state index is 0.0271. The van der Waals surface area contributed by atoms with E-state index in [2.05, 4.69) is 5.32 Å². The molecule has 1 saturated heterocycles. The molecule has 10 heteroatoms. The largest absolute Gasteiger partial charge is 0.343 e. The van der Waals surface area contributed by atoms with Crippen molar-refractivity contribution in [3.63, 3.8) is 0 Å². The SMILES string of the molecule is CN(C(=O)[C@@H](NC(=O)C1(CN(O)C=O)CC1C1CCCC1)C(C)(C)C)C1CCN(C(=O)c2cccs2)CC1. The van der Waals surface area contributed by atoms with Crippen LogP contribution in [0.4, 0.5) is 0 Å². The van der Waals surface area contributed by atoms with Crippen molar-refractivity contribution < 1.29 is 24.4 Å². The van der Waals surface area contributed by atoms with Crippen LogP contribution in [0.15, 0.2) is 17.5 Å². The standard InChI is InChI=1S/C28H42N4O5S/c1-27(2,3)23(29-26(36)28(17-32(37)18-33)16-21(28)19-8-5-6-9-19)25(35)30(4)20-11-13-31(14-12-20)24(34)22-10-7-15-38-22/h7,10,15,18-21,23,37H,5-6,8-9,11-14,16-17H2,1-4H3,(H,29,36)/t21?,23-,28?/m1/s1. The molecule has 2 N–H and O–H groups in total. The number of carbonyl (C=O) groups is 4. The van der Waals surface area contributed by atoms with Crippen LogP contribution in [0.1, 0.15) is 75.4 Å². The molecule has 2 aliphatic carbocycles. The molecule has 1 aromatic heterocycles. The van der Waals surface area contributed by atoms with Gasteiger partial charge in [-0.1, -0.05) is 52.5 Å². The third-order valence-corrected chi connectivity index (χ3v) is 9.75. The number of nitrogens with zero attached hydrogens (tertiary/aromatic N) is 3. The van der Waals surface area contributed by atoms with Crippen molar-refractivity contribution >= 4 is 35.5 Å². The summed E-state index contributed by atoms with van der Waals surface area (Å²) in [7, 11) is 1.78. The third-order valence-electron chi connectivity index (χ3n) is 8.89. The van der Waals surface area contributed by atoms with Gasteiger partial charge < -0.3 is 15.1 Å². The minimum atomic E-state index is -0.861. The molecular weight excluding hydrogens is 504 g/mol. The topological polar surface area (TPSA) is 110 Å².